The standard InChI is InChI=1S/C28H27FN4O4.ClH/c29-23-10-8-21(9-11-23)27(34)22-12-14-30(15-13-22)16-17-31-25-6-1-2-7-26(25)32(28(31)35)19-20-4-3-5-24(18-20)33(36)37;/h1-11,18,22H,12-17,19H2;1H. The van der Waals surface area contributed by atoms with Crippen molar-refractivity contribution in [1.82, 2.24) is 14.0 Å². The minimum Gasteiger partial charge on any atom is -0.302 e. The fourth-order valence-electron chi connectivity index (χ4n) is 5.10. The second-order valence-electron chi connectivity index (χ2n) is 9.42. The number of aromatic nitrogens is 2. The van der Waals surface area contributed by atoms with Crippen LogP contribution in [-0.4, -0.2) is 44.4 Å². The summed E-state index contributed by atoms with van der Waals surface area (Å²) in [5, 5.41) is 11.2. The van der Waals surface area contributed by atoms with E-state index < -0.39 is 4.92 Å². The molecule has 5 rings (SSSR count). The summed E-state index contributed by atoms with van der Waals surface area (Å²) in [6.07, 6.45) is 1.44. The molecule has 10 heteroatoms. The highest BCUT2D eigenvalue weighted by atomic mass is 35.5. The molecule has 198 valence electrons. The predicted octanol–water partition coefficient (Wildman–Crippen LogP) is 4.92. The largest absolute Gasteiger partial charge is 0.329 e. The molecule has 38 heavy (non-hydrogen) atoms. The van der Waals surface area contributed by atoms with Crippen molar-refractivity contribution in [3.8, 4) is 0 Å². The number of halogens is 2. The molecule has 4 aromatic rings. The molecule has 0 N–H and O–H groups in total. The van der Waals surface area contributed by atoms with E-state index in [4.69, 9.17) is 0 Å². The third kappa shape index (κ3) is 5.69. The maximum absolute atomic E-state index is 13.4. The molecule has 0 saturated carbocycles. The molecule has 0 atom stereocenters. The van der Waals surface area contributed by atoms with Gasteiger partial charge in [-0.25, -0.2) is 9.18 Å². The highest BCUT2D eigenvalue weighted by Crippen LogP contribution is 2.23. The Kier molecular flexibility index (Phi) is 8.38. The van der Waals surface area contributed by atoms with Gasteiger partial charge >= 0.3 is 5.69 Å². The summed E-state index contributed by atoms with van der Waals surface area (Å²) >= 11 is 0. The van der Waals surface area contributed by atoms with E-state index in [9.17, 15) is 24.1 Å². The number of rotatable bonds is 8. The van der Waals surface area contributed by atoms with Gasteiger partial charge in [0.1, 0.15) is 5.82 Å². The molecule has 0 aliphatic carbocycles. The normalized spacial score (nSPS) is 14.3. The van der Waals surface area contributed by atoms with E-state index in [1.807, 2.05) is 24.3 Å². The fraction of sp³-hybridized carbons (Fsp3) is 0.286. The monoisotopic (exact) mass is 538 g/mol. The van der Waals surface area contributed by atoms with E-state index in [-0.39, 0.29) is 47.8 Å². The van der Waals surface area contributed by atoms with Crippen LogP contribution in [0.25, 0.3) is 11.0 Å². The maximum atomic E-state index is 13.4. The number of benzene rings is 3. The number of nitro benzene ring substituents is 1. The Morgan fingerprint density at radius 2 is 1.58 bits per heavy atom. The summed E-state index contributed by atoms with van der Waals surface area (Å²) in [6, 6.07) is 19.6. The zero-order chi connectivity index (χ0) is 25.9. The second-order valence-corrected chi connectivity index (χ2v) is 9.42. The average molecular weight is 539 g/mol. The van der Waals surface area contributed by atoms with Crippen molar-refractivity contribution in [2.45, 2.75) is 25.9 Å². The smallest absolute Gasteiger partial charge is 0.302 e. The lowest BCUT2D eigenvalue weighted by molar-refractivity contribution is -0.384. The van der Waals surface area contributed by atoms with Gasteiger partial charge in [-0.15, -0.1) is 12.4 Å². The lowest BCUT2D eigenvalue weighted by Gasteiger charge is -2.31. The SMILES string of the molecule is Cl.O=C(c1ccc(F)cc1)C1CCN(CCn2c(=O)n(Cc3cccc([N+](=O)[O-])c3)c3ccccc32)CC1. The molecule has 0 bridgehead atoms. The highest BCUT2D eigenvalue weighted by Gasteiger charge is 2.26. The number of nitro groups is 1. The van der Waals surface area contributed by atoms with Gasteiger partial charge in [-0.1, -0.05) is 24.3 Å². The van der Waals surface area contributed by atoms with Crippen LogP contribution in [0.2, 0.25) is 0 Å². The molecule has 0 spiro atoms. The van der Waals surface area contributed by atoms with Crippen LogP contribution < -0.4 is 5.69 Å². The lowest BCUT2D eigenvalue weighted by Crippen LogP contribution is -2.39. The van der Waals surface area contributed by atoms with Crippen LogP contribution in [0.3, 0.4) is 0 Å². The first-order valence-corrected chi connectivity index (χ1v) is 12.3. The van der Waals surface area contributed by atoms with Crippen molar-refractivity contribution < 1.29 is 14.1 Å². The second kappa shape index (κ2) is 11.7. The number of nitrogens with zero attached hydrogens (tertiary/aromatic N) is 4. The molecular weight excluding hydrogens is 511 g/mol. The van der Waals surface area contributed by atoms with Crippen LogP contribution in [0, 0.1) is 21.8 Å². The Bertz CT molecular complexity index is 1510. The molecule has 3 aromatic carbocycles. The van der Waals surface area contributed by atoms with E-state index in [1.165, 1.54) is 24.3 Å². The summed E-state index contributed by atoms with van der Waals surface area (Å²) in [5.41, 5.74) is 2.67. The molecule has 2 heterocycles. The summed E-state index contributed by atoms with van der Waals surface area (Å²) in [5.74, 6) is -0.380. The quantitative estimate of drug-likeness (QED) is 0.180. The predicted molar refractivity (Wildman–Crippen MR) is 146 cm³/mol. The number of hydrogen-bond donors (Lipinski definition) is 0. The van der Waals surface area contributed by atoms with Crippen LogP contribution in [0.15, 0.2) is 77.6 Å². The minimum atomic E-state index is -0.439. The Hall–Kier alpha value is -3.82. The molecule has 8 nitrogen and oxygen atoms in total. The van der Waals surface area contributed by atoms with Crippen molar-refractivity contribution in [3.63, 3.8) is 0 Å². The van der Waals surface area contributed by atoms with Crippen molar-refractivity contribution in [2.24, 2.45) is 5.92 Å². The van der Waals surface area contributed by atoms with Gasteiger partial charge in [0.25, 0.3) is 5.69 Å². The Labute approximate surface area is 224 Å². The van der Waals surface area contributed by atoms with Gasteiger partial charge in [0.2, 0.25) is 0 Å². The van der Waals surface area contributed by atoms with E-state index in [2.05, 4.69) is 4.90 Å². The minimum absolute atomic E-state index is 0. The molecule has 1 aromatic heterocycles. The number of fused-ring (bicyclic) bond motifs is 1. The molecule has 1 saturated heterocycles. The number of non-ortho nitro benzene ring substituents is 1. The van der Waals surface area contributed by atoms with Crippen molar-refractivity contribution in [2.75, 3.05) is 19.6 Å². The highest BCUT2D eigenvalue weighted by molar-refractivity contribution is 5.97. The molecule has 1 fully saturated rings. The third-order valence-corrected chi connectivity index (χ3v) is 7.11. The van der Waals surface area contributed by atoms with Crippen LogP contribution in [0.4, 0.5) is 10.1 Å². The average Bonchev–Trinajstić information content (AvgIpc) is 3.18. The molecular formula is C28H28ClFN4O4. The Morgan fingerprint density at radius 3 is 2.24 bits per heavy atom. The van der Waals surface area contributed by atoms with Crippen LogP contribution in [0.1, 0.15) is 28.8 Å². The number of likely N-dealkylation sites (tertiary alicyclic amines) is 1. The zero-order valence-electron chi connectivity index (χ0n) is 20.7. The van der Waals surface area contributed by atoms with Gasteiger partial charge in [-0.2, -0.15) is 0 Å². The van der Waals surface area contributed by atoms with Crippen molar-refractivity contribution >= 4 is 34.9 Å². The van der Waals surface area contributed by atoms with Crippen molar-refractivity contribution in [3.05, 3.63) is 110 Å². The van der Waals surface area contributed by atoms with E-state index >= 15 is 0 Å². The van der Waals surface area contributed by atoms with Gasteiger partial charge in [0.15, 0.2) is 5.78 Å². The van der Waals surface area contributed by atoms with Gasteiger partial charge < -0.3 is 4.90 Å². The Balaban J connectivity index is 0.00000336. The first-order valence-electron chi connectivity index (χ1n) is 12.3. The number of Topliss-reactive ketones (excluding diaryl/α,β-unsaturated/α-hetero) is 1. The number of imidazole rings is 1. The number of carbonyl (C=O) groups is 1. The fourth-order valence-corrected chi connectivity index (χ4v) is 5.10. The lowest BCUT2D eigenvalue weighted by atomic mass is 9.89. The molecule has 1 aliphatic rings. The molecule has 0 unspecified atom stereocenters. The van der Waals surface area contributed by atoms with Crippen LogP contribution in [-0.2, 0) is 13.1 Å². The maximum Gasteiger partial charge on any atom is 0.329 e. The zero-order valence-corrected chi connectivity index (χ0v) is 21.5. The van der Waals surface area contributed by atoms with Crippen molar-refractivity contribution in [1.29, 1.82) is 0 Å². The van der Waals surface area contributed by atoms with Crippen LogP contribution in [0.5, 0.6) is 0 Å². The van der Waals surface area contributed by atoms with E-state index in [1.54, 1.807) is 33.4 Å². The van der Waals surface area contributed by atoms with Gasteiger partial charge in [0, 0.05) is 36.7 Å². The third-order valence-electron chi connectivity index (χ3n) is 7.11. The number of piperidine rings is 1. The topological polar surface area (TPSA) is 90.4 Å². The molecule has 0 radical (unpaired) electrons. The number of para-hydroxylation sites is 2. The first-order chi connectivity index (χ1) is 17.9. The first kappa shape index (κ1) is 27.2. The number of hydrogen-bond acceptors (Lipinski definition) is 5. The van der Waals surface area contributed by atoms with E-state index in [0.29, 0.717) is 24.2 Å². The summed E-state index contributed by atoms with van der Waals surface area (Å²) in [7, 11) is 0. The van der Waals surface area contributed by atoms with Gasteiger partial charge in [-0.3, -0.25) is 24.0 Å². The van der Waals surface area contributed by atoms with Crippen LogP contribution >= 0.6 is 12.4 Å². The van der Waals surface area contributed by atoms with Gasteiger partial charge in [0.05, 0.1) is 22.5 Å². The summed E-state index contributed by atoms with van der Waals surface area (Å²) in [4.78, 5) is 39.2. The summed E-state index contributed by atoms with van der Waals surface area (Å²) in [6.45, 7) is 2.91. The number of carbonyl (C=O) groups excluding carboxylic acids is 1. The molecule has 0 amide bonds. The van der Waals surface area contributed by atoms with Gasteiger partial charge in [-0.05, 0) is 67.9 Å². The summed E-state index contributed by atoms with van der Waals surface area (Å²) < 4.78 is 16.6. The number of ketones is 1. The Morgan fingerprint density at radius 1 is 0.921 bits per heavy atom. The molecule has 1 aliphatic heterocycles. The van der Waals surface area contributed by atoms with E-state index in [0.717, 1.165) is 37.0 Å².